The van der Waals surface area contributed by atoms with Gasteiger partial charge in [0, 0.05) is 18.6 Å². The van der Waals surface area contributed by atoms with Crippen molar-refractivity contribution in [2.24, 2.45) is 5.41 Å². The standard InChI is InChI=1S/C22H40N2O2/c25-20(26)10-17-24-19-21(13-15-23-16-14-21)18-22(24)11-8-6-4-2-1-3-5-7-9-12-22/h23H,1-19H2,(H,25,26). The summed E-state index contributed by atoms with van der Waals surface area (Å²) in [5.41, 5.74) is 0.729. The zero-order valence-electron chi connectivity index (χ0n) is 16.7. The molecule has 3 aliphatic rings. The molecule has 150 valence electrons. The van der Waals surface area contributed by atoms with Crippen LogP contribution in [0.2, 0.25) is 0 Å². The molecule has 1 aliphatic carbocycles. The van der Waals surface area contributed by atoms with Crippen LogP contribution in [0.15, 0.2) is 0 Å². The molecule has 0 aromatic heterocycles. The molecule has 2 N–H and O–H groups in total. The third kappa shape index (κ3) is 5.22. The van der Waals surface area contributed by atoms with Crippen LogP contribution in [0.5, 0.6) is 0 Å². The molecule has 4 nitrogen and oxygen atoms in total. The van der Waals surface area contributed by atoms with E-state index in [0.29, 0.717) is 11.8 Å². The SMILES string of the molecule is O=C(O)CCN1CC2(CCNCC2)CC12CCCCCCCCCCC2. The van der Waals surface area contributed by atoms with E-state index in [1.165, 1.54) is 89.9 Å². The summed E-state index contributed by atoms with van der Waals surface area (Å²) in [6, 6.07) is 0. The monoisotopic (exact) mass is 364 g/mol. The number of piperidine rings is 1. The van der Waals surface area contributed by atoms with Crippen LogP contribution >= 0.6 is 0 Å². The number of hydrogen-bond acceptors (Lipinski definition) is 3. The second kappa shape index (κ2) is 9.54. The molecular formula is C22H40N2O2. The fourth-order valence-corrected chi connectivity index (χ4v) is 6.04. The highest BCUT2D eigenvalue weighted by Gasteiger charge is 2.52. The van der Waals surface area contributed by atoms with E-state index in [1.807, 2.05) is 0 Å². The first-order valence-electron chi connectivity index (χ1n) is 11.3. The maximum Gasteiger partial charge on any atom is 0.304 e. The zero-order chi connectivity index (χ0) is 18.3. The number of carbonyl (C=O) groups is 1. The Kier molecular flexibility index (Phi) is 7.39. The normalized spacial score (nSPS) is 27.8. The lowest BCUT2D eigenvalue weighted by molar-refractivity contribution is -0.137. The van der Waals surface area contributed by atoms with E-state index in [2.05, 4.69) is 10.2 Å². The summed E-state index contributed by atoms with van der Waals surface area (Å²) >= 11 is 0. The molecule has 0 amide bonds. The number of nitrogens with one attached hydrogen (secondary N) is 1. The number of aliphatic carboxylic acids is 1. The Bertz CT molecular complexity index is 433. The lowest BCUT2D eigenvalue weighted by Gasteiger charge is -2.40. The number of carboxylic acids is 1. The van der Waals surface area contributed by atoms with Gasteiger partial charge in [-0.3, -0.25) is 9.69 Å². The van der Waals surface area contributed by atoms with Gasteiger partial charge in [-0.1, -0.05) is 57.8 Å². The van der Waals surface area contributed by atoms with Gasteiger partial charge in [-0.15, -0.1) is 0 Å². The molecule has 2 spiro atoms. The highest BCUT2D eigenvalue weighted by molar-refractivity contribution is 5.66. The molecule has 4 heteroatoms. The van der Waals surface area contributed by atoms with E-state index < -0.39 is 5.97 Å². The van der Waals surface area contributed by atoms with Gasteiger partial charge in [0.1, 0.15) is 0 Å². The summed E-state index contributed by atoms with van der Waals surface area (Å²) in [7, 11) is 0. The third-order valence-corrected chi connectivity index (χ3v) is 7.45. The quantitative estimate of drug-likeness (QED) is 0.769. The van der Waals surface area contributed by atoms with Crippen LogP contribution in [0.1, 0.15) is 96.3 Å². The third-order valence-electron chi connectivity index (χ3n) is 7.45. The van der Waals surface area contributed by atoms with E-state index in [1.54, 1.807) is 0 Å². The maximum absolute atomic E-state index is 11.3. The summed E-state index contributed by atoms with van der Waals surface area (Å²) in [5, 5.41) is 12.8. The van der Waals surface area contributed by atoms with Gasteiger partial charge in [0.15, 0.2) is 0 Å². The van der Waals surface area contributed by atoms with Gasteiger partial charge in [0.25, 0.3) is 0 Å². The minimum absolute atomic E-state index is 0.284. The molecule has 2 saturated heterocycles. The molecule has 3 fully saturated rings. The molecular weight excluding hydrogens is 324 g/mol. The average Bonchev–Trinajstić information content (AvgIpc) is 2.90. The van der Waals surface area contributed by atoms with Crippen LogP contribution in [0.3, 0.4) is 0 Å². The summed E-state index contributed by atoms with van der Waals surface area (Å²) in [6.45, 7) is 4.18. The van der Waals surface area contributed by atoms with Crippen molar-refractivity contribution in [2.45, 2.75) is 102 Å². The number of hydrogen-bond donors (Lipinski definition) is 2. The molecule has 26 heavy (non-hydrogen) atoms. The predicted octanol–water partition coefficient (Wildman–Crippen LogP) is 4.58. The summed E-state index contributed by atoms with van der Waals surface area (Å²) in [5.74, 6) is -0.639. The number of carboxylic acid groups (broad SMARTS) is 1. The van der Waals surface area contributed by atoms with Crippen LogP contribution in [-0.2, 0) is 4.79 Å². The number of likely N-dealkylation sites (tertiary alicyclic amines) is 1. The van der Waals surface area contributed by atoms with Gasteiger partial charge in [-0.2, -0.15) is 0 Å². The van der Waals surface area contributed by atoms with Crippen molar-refractivity contribution in [3.05, 3.63) is 0 Å². The van der Waals surface area contributed by atoms with Gasteiger partial charge in [0.2, 0.25) is 0 Å². The summed E-state index contributed by atoms with van der Waals surface area (Å²) in [6.07, 6.45) is 19.2. The number of nitrogens with zero attached hydrogens (tertiary/aromatic N) is 1. The second-order valence-electron chi connectivity index (χ2n) is 9.40. The van der Waals surface area contributed by atoms with Crippen molar-refractivity contribution in [3.8, 4) is 0 Å². The van der Waals surface area contributed by atoms with E-state index in [4.69, 9.17) is 0 Å². The molecule has 0 unspecified atom stereocenters. The van der Waals surface area contributed by atoms with Gasteiger partial charge in [-0.05, 0) is 50.6 Å². The van der Waals surface area contributed by atoms with Crippen molar-refractivity contribution >= 4 is 5.97 Å². The van der Waals surface area contributed by atoms with Crippen LogP contribution < -0.4 is 5.32 Å². The minimum Gasteiger partial charge on any atom is -0.481 e. The smallest absolute Gasteiger partial charge is 0.304 e. The van der Waals surface area contributed by atoms with E-state index in [-0.39, 0.29) is 5.54 Å². The van der Waals surface area contributed by atoms with Crippen LogP contribution in [0.4, 0.5) is 0 Å². The van der Waals surface area contributed by atoms with Crippen molar-refractivity contribution in [1.82, 2.24) is 10.2 Å². The second-order valence-corrected chi connectivity index (χ2v) is 9.40. The van der Waals surface area contributed by atoms with Crippen LogP contribution in [0, 0.1) is 5.41 Å². The summed E-state index contributed by atoms with van der Waals surface area (Å²) in [4.78, 5) is 13.9. The largest absolute Gasteiger partial charge is 0.481 e. The van der Waals surface area contributed by atoms with E-state index >= 15 is 0 Å². The van der Waals surface area contributed by atoms with Crippen molar-refractivity contribution in [1.29, 1.82) is 0 Å². The molecule has 0 aromatic rings. The number of rotatable bonds is 3. The van der Waals surface area contributed by atoms with Crippen molar-refractivity contribution < 1.29 is 9.90 Å². The first kappa shape index (κ1) is 20.1. The Labute approximate surface area is 160 Å². The molecule has 0 bridgehead atoms. The first-order valence-corrected chi connectivity index (χ1v) is 11.3. The zero-order valence-corrected chi connectivity index (χ0v) is 16.7. The van der Waals surface area contributed by atoms with E-state index in [9.17, 15) is 9.90 Å². The van der Waals surface area contributed by atoms with Gasteiger partial charge in [0.05, 0.1) is 6.42 Å². The molecule has 2 heterocycles. The minimum atomic E-state index is -0.639. The Hall–Kier alpha value is -0.610. The Morgan fingerprint density at radius 1 is 0.846 bits per heavy atom. The molecule has 1 saturated carbocycles. The summed E-state index contributed by atoms with van der Waals surface area (Å²) < 4.78 is 0. The molecule has 0 radical (unpaired) electrons. The predicted molar refractivity (Wildman–Crippen MR) is 106 cm³/mol. The highest BCUT2D eigenvalue weighted by atomic mass is 16.4. The lowest BCUT2D eigenvalue weighted by Crippen LogP contribution is -2.44. The Balaban J connectivity index is 1.74. The van der Waals surface area contributed by atoms with Crippen molar-refractivity contribution in [2.75, 3.05) is 26.2 Å². The van der Waals surface area contributed by atoms with Crippen LogP contribution in [-0.4, -0.2) is 47.7 Å². The molecule has 3 rings (SSSR count). The Morgan fingerprint density at radius 2 is 1.38 bits per heavy atom. The van der Waals surface area contributed by atoms with E-state index in [0.717, 1.165) is 26.2 Å². The fourth-order valence-electron chi connectivity index (χ4n) is 6.04. The Morgan fingerprint density at radius 3 is 1.92 bits per heavy atom. The van der Waals surface area contributed by atoms with Gasteiger partial charge in [-0.25, -0.2) is 0 Å². The van der Waals surface area contributed by atoms with Crippen molar-refractivity contribution in [3.63, 3.8) is 0 Å². The van der Waals surface area contributed by atoms with Crippen LogP contribution in [0.25, 0.3) is 0 Å². The molecule has 2 aliphatic heterocycles. The molecule has 0 atom stereocenters. The fraction of sp³-hybridized carbons (Fsp3) is 0.955. The topological polar surface area (TPSA) is 52.6 Å². The molecule has 0 aromatic carbocycles. The maximum atomic E-state index is 11.3. The average molecular weight is 365 g/mol. The first-order chi connectivity index (χ1) is 12.6. The lowest BCUT2D eigenvalue weighted by atomic mass is 9.71. The van der Waals surface area contributed by atoms with Gasteiger partial charge < -0.3 is 10.4 Å². The highest BCUT2D eigenvalue weighted by Crippen LogP contribution is 2.51. The van der Waals surface area contributed by atoms with Gasteiger partial charge >= 0.3 is 5.97 Å².